The Bertz CT molecular complexity index is 912. The first-order chi connectivity index (χ1) is 11.7. The molecule has 10 heteroatoms. The number of hydrogen-bond donors (Lipinski definition) is 2. The summed E-state index contributed by atoms with van der Waals surface area (Å²) in [6.45, 7) is 3.12. The maximum atomic E-state index is 11.1. The van der Waals surface area contributed by atoms with E-state index in [2.05, 4.69) is 5.32 Å². The van der Waals surface area contributed by atoms with Crippen LogP contribution in [-0.4, -0.2) is 15.0 Å². The molecule has 1 heterocycles. The molecule has 2 rings (SSSR count). The third-order valence-electron chi connectivity index (χ3n) is 3.82. The van der Waals surface area contributed by atoms with Gasteiger partial charge >= 0.3 is 5.69 Å². The predicted octanol–water partition coefficient (Wildman–Crippen LogP) is 2.49. The van der Waals surface area contributed by atoms with Gasteiger partial charge in [-0.1, -0.05) is 0 Å². The fraction of sp³-hybridized carbons (Fsp3) is 0.200. The van der Waals surface area contributed by atoms with E-state index < -0.39 is 32.9 Å². The van der Waals surface area contributed by atoms with E-state index in [-0.39, 0.29) is 16.7 Å². The predicted molar refractivity (Wildman–Crippen MR) is 83.9 cm³/mol. The third-order valence-corrected chi connectivity index (χ3v) is 3.82. The minimum absolute atomic E-state index is 0.0345. The van der Waals surface area contributed by atoms with E-state index in [0.29, 0.717) is 17.5 Å². The van der Waals surface area contributed by atoms with Crippen molar-refractivity contribution in [1.29, 1.82) is 10.5 Å². The van der Waals surface area contributed by atoms with Crippen LogP contribution in [0.3, 0.4) is 0 Å². The van der Waals surface area contributed by atoms with Gasteiger partial charge in [0.05, 0.1) is 45.1 Å². The van der Waals surface area contributed by atoms with Gasteiger partial charge in [0.2, 0.25) is 0 Å². The van der Waals surface area contributed by atoms with Crippen molar-refractivity contribution in [2.24, 2.45) is 0 Å². The minimum Gasteiger partial charge on any atom is -0.502 e. The number of nitro benzene ring substituents is 2. The fourth-order valence-electron chi connectivity index (χ4n) is 2.69. The number of nitriles is 2. The highest BCUT2D eigenvalue weighted by atomic mass is 16.6. The normalized spacial score (nSPS) is 14.6. The Morgan fingerprint density at radius 2 is 1.60 bits per heavy atom. The number of phenols is 1. The van der Waals surface area contributed by atoms with E-state index in [1.165, 1.54) is 0 Å². The number of phenolic OH excluding ortho intramolecular Hbond substituents is 1. The van der Waals surface area contributed by atoms with Crippen LogP contribution < -0.4 is 5.32 Å². The van der Waals surface area contributed by atoms with E-state index in [4.69, 9.17) is 0 Å². The molecule has 1 aliphatic rings. The van der Waals surface area contributed by atoms with Crippen LogP contribution in [0.2, 0.25) is 0 Å². The van der Waals surface area contributed by atoms with E-state index in [1.807, 2.05) is 12.1 Å². The van der Waals surface area contributed by atoms with Crippen LogP contribution >= 0.6 is 0 Å². The fourth-order valence-corrected chi connectivity index (χ4v) is 2.69. The summed E-state index contributed by atoms with van der Waals surface area (Å²) in [5, 5.41) is 54.1. The highest BCUT2D eigenvalue weighted by molar-refractivity contribution is 5.65. The van der Waals surface area contributed by atoms with Gasteiger partial charge in [-0.3, -0.25) is 20.2 Å². The molecular weight excluding hydrogens is 330 g/mol. The first-order valence-corrected chi connectivity index (χ1v) is 6.87. The molecule has 126 valence electrons. The smallest absolute Gasteiger partial charge is 0.317 e. The Morgan fingerprint density at radius 1 is 1.08 bits per heavy atom. The second-order valence-corrected chi connectivity index (χ2v) is 5.28. The van der Waals surface area contributed by atoms with E-state index in [9.17, 15) is 35.9 Å². The lowest BCUT2D eigenvalue weighted by molar-refractivity contribution is -0.394. The Labute approximate surface area is 141 Å². The number of nitro groups is 2. The van der Waals surface area contributed by atoms with E-state index in [0.717, 1.165) is 6.07 Å². The Balaban J connectivity index is 2.89. The molecule has 0 saturated carbocycles. The van der Waals surface area contributed by atoms with Gasteiger partial charge in [0.1, 0.15) is 0 Å². The summed E-state index contributed by atoms with van der Waals surface area (Å²) >= 11 is 0. The Hall–Kier alpha value is -3.92. The molecule has 0 aromatic heterocycles. The second kappa shape index (κ2) is 6.29. The molecule has 10 nitrogen and oxygen atoms in total. The SMILES string of the molecule is CC1=C(C#N)C(c2cc([N+](=O)[O-])cc([N+](=O)[O-])c2O)C(C#N)=C(C)N1. The summed E-state index contributed by atoms with van der Waals surface area (Å²) < 4.78 is 0. The van der Waals surface area contributed by atoms with Gasteiger partial charge in [-0.2, -0.15) is 10.5 Å². The molecule has 1 aromatic carbocycles. The van der Waals surface area contributed by atoms with Gasteiger partial charge in [0.15, 0.2) is 5.75 Å². The number of allylic oxidation sites excluding steroid dienone is 4. The highest BCUT2D eigenvalue weighted by Gasteiger charge is 2.35. The van der Waals surface area contributed by atoms with Crippen molar-refractivity contribution >= 4 is 11.4 Å². The summed E-state index contributed by atoms with van der Waals surface area (Å²) in [6.07, 6.45) is 0. The molecule has 0 unspecified atom stereocenters. The lowest BCUT2D eigenvalue weighted by atomic mass is 9.81. The minimum atomic E-state index is -1.14. The number of hydrogen-bond acceptors (Lipinski definition) is 8. The molecule has 0 spiro atoms. The molecule has 0 bridgehead atoms. The van der Waals surface area contributed by atoms with E-state index >= 15 is 0 Å². The summed E-state index contributed by atoms with van der Waals surface area (Å²) in [4.78, 5) is 20.4. The standard InChI is InChI=1S/C15H11N5O5/c1-7-11(5-16)14(12(6-17)8(2)18-7)10-3-9(19(22)23)4-13(15(10)21)20(24)25/h3-4,14,18,21H,1-2H3. The van der Waals surface area contributed by atoms with Crippen molar-refractivity contribution in [2.45, 2.75) is 19.8 Å². The Morgan fingerprint density at radius 3 is 2.00 bits per heavy atom. The van der Waals surface area contributed by atoms with Crippen LogP contribution in [0.5, 0.6) is 5.75 Å². The maximum Gasteiger partial charge on any atom is 0.317 e. The van der Waals surface area contributed by atoms with Gasteiger partial charge in [-0.25, -0.2) is 0 Å². The highest BCUT2D eigenvalue weighted by Crippen LogP contribution is 2.45. The number of dihydropyridines is 1. The molecule has 1 aliphatic heterocycles. The van der Waals surface area contributed by atoms with Crippen molar-refractivity contribution in [3.63, 3.8) is 0 Å². The molecule has 0 fully saturated rings. The number of nitrogens with zero attached hydrogens (tertiary/aromatic N) is 4. The molecule has 1 aromatic rings. The van der Waals surface area contributed by atoms with Crippen LogP contribution in [0.4, 0.5) is 11.4 Å². The lowest BCUT2D eigenvalue weighted by Crippen LogP contribution is -2.23. The van der Waals surface area contributed by atoms with Crippen molar-refractivity contribution in [2.75, 3.05) is 0 Å². The summed E-state index contributed by atoms with van der Waals surface area (Å²) in [7, 11) is 0. The molecule has 0 radical (unpaired) electrons. The Kier molecular flexibility index (Phi) is 4.39. The van der Waals surface area contributed by atoms with Gasteiger partial charge in [-0.15, -0.1) is 0 Å². The van der Waals surface area contributed by atoms with Gasteiger partial charge < -0.3 is 10.4 Å². The zero-order chi connectivity index (χ0) is 18.9. The summed E-state index contributed by atoms with van der Waals surface area (Å²) in [5.74, 6) is -1.96. The summed E-state index contributed by atoms with van der Waals surface area (Å²) in [6, 6.07) is 5.35. The second-order valence-electron chi connectivity index (χ2n) is 5.28. The topological polar surface area (TPSA) is 166 Å². The molecule has 2 N–H and O–H groups in total. The first-order valence-electron chi connectivity index (χ1n) is 6.87. The van der Waals surface area contributed by atoms with Gasteiger partial charge in [0.25, 0.3) is 5.69 Å². The molecule has 0 aliphatic carbocycles. The van der Waals surface area contributed by atoms with Gasteiger partial charge in [-0.05, 0) is 13.8 Å². The van der Waals surface area contributed by atoms with Crippen LogP contribution in [0.1, 0.15) is 25.3 Å². The number of aromatic hydroxyl groups is 1. The van der Waals surface area contributed by atoms with Crippen LogP contribution in [0, 0.1) is 42.9 Å². The molecule has 0 saturated heterocycles. The average Bonchev–Trinajstić information content (AvgIpc) is 2.54. The number of benzene rings is 1. The van der Waals surface area contributed by atoms with Crippen molar-refractivity contribution in [1.82, 2.24) is 5.32 Å². The van der Waals surface area contributed by atoms with Crippen LogP contribution in [0.25, 0.3) is 0 Å². The van der Waals surface area contributed by atoms with Gasteiger partial charge in [0, 0.05) is 23.0 Å². The maximum absolute atomic E-state index is 11.1. The van der Waals surface area contributed by atoms with Crippen molar-refractivity contribution in [3.05, 3.63) is 60.5 Å². The average molecular weight is 341 g/mol. The van der Waals surface area contributed by atoms with Crippen LogP contribution in [0.15, 0.2) is 34.7 Å². The quantitative estimate of drug-likeness (QED) is 0.624. The first kappa shape index (κ1) is 17.4. The monoisotopic (exact) mass is 341 g/mol. The lowest BCUT2D eigenvalue weighted by Gasteiger charge is -2.26. The van der Waals surface area contributed by atoms with Crippen LogP contribution in [-0.2, 0) is 0 Å². The molecule has 0 atom stereocenters. The molecule has 0 amide bonds. The van der Waals surface area contributed by atoms with Crippen molar-refractivity contribution < 1.29 is 15.0 Å². The van der Waals surface area contributed by atoms with Crippen molar-refractivity contribution in [3.8, 4) is 17.9 Å². The molecular formula is C15H11N5O5. The summed E-state index contributed by atoms with van der Waals surface area (Å²) in [5.41, 5.74) is -0.889. The zero-order valence-electron chi connectivity index (χ0n) is 13.1. The number of nitrogens with one attached hydrogen (secondary N) is 1. The molecule has 25 heavy (non-hydrogen) atoms. The number of non-ortho nitro benzene ring substituents is 1. The largest absolute Gasteiger partial charge is 0.502 e. The zero-order valence-corrected chi connectivity index (χ0v) is 13.1. The number of rotatable bonds is 3. The van der Waals surface area contributed by atoms with E-state index in [1.54, 1.807) is 13.8 Å². The third kappa shape index (κ3) is 2.84.